The van der Waals surface area contributed by atoms with Crippen molar-refractivity contribution in [1.82, 2.24) is 4.90 Å². The number of nitro benzene ring substituents is 1. The molecule has 0 spiro atoms. The van der Waals surface area contributed by atoms with Crippen LogP contribution in [0, 0.1) is 10.1 Å². The molecule has 0 N–H and O–H groups in total. The average molecular weight is 292 g/mol. The number of nitrogens with zero attached hydrogens (tertiary/aromatic N) is 3. The summed E-state index contributed by atoms with van der Waals surface area (Å²) in [6.07, 6.45) is 0. The minimum absolute atomic E-state index is 0. The monoisotopic (exact) mass is 291 g/mol. The lowest BCUT2D eigenvalue weighted by atomic mass is 10.2. The second-order valence-corrected chi connectivity index (χ2v) is 4.62. The topological polar surface area (TPSA) is 49.6 Å². The van der Waals surface area contributed by atoms with Crippen LogP contribution in [0.2, 0.25) is 5.02 Å². The number of likely N-dealkylation sites (N-methyl/N-ethyl adjacent to an activating group) is 1. The van der Waals surface area contributed by atoms with Gasteiger partial charge in [-0.3, -0.25) is 10.1 Å². The number of halogens is 2. The maximum absolute atomic E-state index is 11.0. The molecule has 0 aromatic heterocycles. The molecule has 18 heavy (non-hydrogen) atoms. The van der Waals surface area contributed by atoms with Gasteiger partial charge in [0.1, 0.15) is 5.69 Å². The maximum atomic E-state index is 11.0. The van der Waals surface area contributed by atoms with E-state index in [4.69, 9.17) is 11.6 Å². The van der Waals surface area contributed by atoms with E-state index in [1.54, 1.807) is 12.1 Å². The van der Waals surface area contributed by atoms with Crippen LogP contribution in [0.4, 0.5) is 11.4 Å². The molecule has 0 atom stereocenters. The lowest BCUT2D eigenvalue weighted by Gasteiger charge is -2.33. The van der Waals surface area contributed by atoms with Crippen molar-refractivity contribution in [2.45, 2.75) is 0 Å². The number of benzene rings is 1. The number of anilines is 1. The molecule has 0 aliphatic carbocycles. The summed E-state index contributed by atoms with van der Waals surface area (Å²) in [6, 6.07) is 4.84. The number of rotatable bonds is 2. The highest BCUT2D eigenvalue weighted by atomic mass is 35.5. The van der Waals surface area contributed by atoms with E-state index >= 15 is 0 Å². The number of piperazine rings is 1. The first-order valence-electron chi connectivity index (χ1n) is 5.45. The molecule has 2 rings (SSSR count). The van der Waals surface area contributed by atoms with Crippen molar-refractivity contribution in [3.05, 3.63) is 33.3 Å². The van der Waals surface area contributed by atoms with Crippen molar-refractivity contribution in [3.8, 4) is 0 Å². The van der Waals surface area contributed by atoms with Gasteiger partial charge in [0.05, 0.1) is 4.92 Å². The summed E-state index contributed by atoms with van der Waals surface area (Å²) in [5, 5.41) is 11.4. The van der Waals surface area contributed by atoms with Crippen LogP contribution in [0.3, 0.4) is 0 Å². The largest absolute Gasteiger partial charge is 0.363 e. The van der Waals surface area contributed by atoms with Crippen molar-refractivity contribution in [2.75, 3.05) is 38.1 Å². The minimum Gasteiger partial charge on any atom is -0.363 e. The highest BCUT2D eigenvalue weighted by Gasteiger charge is 2.22. The van der Waals surface area contributed by atoms with Crippen LogP contribution in [-0.4, -0.2) is 43.0 Å². The molecular weight excluding hydrogens is 277 g/mol. The van der Waals surface area contributed by atoms with Gasteiger partial charge >= 0.3 is 0 Å². The normalized spacial score (nSPS) is 16.2. The van der Waals surface area contributed by atoms with E-state index in [9.17, 15) is 10.1 Å². The van der Waals surface area contributed by atoms with Crippen LogP contribution < -0.4 is 4.90 Å². The Bertz CT molecular complexity index is 434. The second kappa shape index (κ2) is 6.22. The van der Waals surface area contributed by atoms with E-state index in [2.05, 4.69) is 4.90 Å². The molecule has 0 saturated carbocycles. The molecule has 1 aromatic rings. The van der Waals surface area contributed by atoms with Crippen LogP contribution >= 0.6 is 24.0 Å². The van der Waals surface area contributed by atoms with Crippen LogP contribution in [0.5, 0.6) is 0 Å². The van der Waals surface area contributed by atoms with Gasteiger partial charge in [-0.25, -0.2) is 0 Å². The van der Waals surface area contributed by atoms with Gasteiger partial charge in [-0.1, -0.05) is 11.6 Å². The van der Waals surface area contributed by atoms with Crippen molar-refractivity contribution in [3.63, 3.8) is 0 Å². The van der Waals surface area contributed by atoms with Crippen molar-refractivity contribution in [1.29, 1.82) is 0 Å². The molecule has 7 heteroatoms. The predicted molar refractivity (Wildman–Crippen MR) is 75.1 cm³/mol. The first-order valence-corrected chi connectivity index (χ1v) is 5.83. The van der Waals surface area contributed by atoms with Crippen LogP contribution in [0.15, 0.2) is 18.2 Å². The zero-order valence-electron chi connectivity index (χ0n) is 10.0. The van der Waals surface area contributed by atoms with Crippen molar-refractivity contribution >= 4 is 35.4 Å². The van der Waals surface area contributed by atoms with Crippen molar-refractivity contribution in [2.24, 2.45) is 0 Å². The summed E-state index contributed by atoms with van der Waals surface area (Å²) in [7, 11) is 2.05. The average Bonchev–Trinajstić information content (AvgIpc) is 2.30. The maximum Gasteiger partial charge on any atom is 0.294 e. The fourth-order valence-electron chi connectivity index (χ4n) is 1.96. The highest BCUT2D eigenvalue weighted by molar-refractivity contribution is 6.30. The smallest absolute Gasteiger partial charge is 0.294 e. The molecule has 0 amide bonds. The second-order valence-electron chi connectivity index (χ2n) is 4.18. The Morgan fingerprint density at radius 2 is 1.89 bits per heavy atom. The Hall–Kier alpha value is -1.04. The summed E-state index contributed by atoms with van der Waals surface area (Å²) in [5.74, 6) is 0. The van der Waals surface area contributed by atoms with Gasteiger partial charge in [0.25, 0.3) is 5.69 Å². The molecule has 1 aliphatic rings. The molecule has 1 heterocycles. The summed E-state index contributed by atoms with van der Waals surface area (Å²) in [5.41, 5.74) is 0.745. The zero-order chi connectivity index (χ0) is 12.4. The molecule has 1 aromatic carbocycles. The van der Waals surface area contributed by atoms with E-state index in [0.29, 0.717) is 10.7 Å². The minimum atomic E-state index is -0.375. The molecule has 100 valence electrons. The van der Waals surface area contributed by atoms with E-state index in [0.717, 1.165) is 26.2 Å². The number of hydrogen-bond donors (Lipinski definition) is 0. The van der Waals surface area contributed by atoms with Crippen LogP contribution in [0.25, 0.3) is 0 Å². The number of hydrogen-bond acceptors (Lipinski definition) is 4. The fraction of sp³-hybridized carbons (Fsp3) is 0.455. The Morgan fingerprint density at radius 1 is 1.28 bits per heavy atom. The van der Waals surface area contributed by atoms with Crippen LogP contribution in [0.1, 0.15) is 0 Å². The number of nitro groups is 1. The third-order valence-electron chi connectivity index (χ3n) is 2.98. The van der Waals surface area contributed by atoms with Crippen LogP contribution in [-0.2, 0) is 0 Å². The molecule has 1 saturated heterocycles. The standard InChI is InChI=1S/C11H14ClN3O2.ClH/c1-13-4-6-14(7-5-13)10-3-2-9(12)8-11(10)15(16)17;/h2-3,8H,4-7H2,1H3;1H. The third-order valence-corrected chi connectivity index (χ3v) is 3.21. The summed E-state index contributed by atoms with van der Waals surface area (Å²) < 4.78 is 0. The van der Waals surface area contributed by atoms with E-state index in [1.807, 2.05) is 11.9 Å². The van der Waals surface area contributed by atoms with Gasteiger partial charge in [0.2, 0.25) is 0 Å². The van der Waals surface area contributed by atoms with E-state index < -0.39 is 0 Å². The fourth-order valence-corrected chi connectivity index (χ4v) is 2.12. The molecular formula is C11H15Cl2N3O2. The molecule has 0 bridgehead atoms. The van der Waals surface area contributed by atoms with E-state index in [1.165, 1.54) is 6.07 Å². The quantitative estimate of drug-likeness (QED) is 0.620. The Balaban J connectivity index is 0.00000162. The van der Waals surface area contributed by atoms with Gasteiger partial charge < -0.3 is 9.80 Å². The van der Waals surface area contributed by atoms with Gasteiger partial charge in [-0.05, 0) is 19.2 Å². The third kappa shape index (κ3) is 3.25. The molecule has 1 fully saturated rings. The van der Waals surface area contributed by atoms with Gasteiger partial charge in [-0.2, -0.15) is 0 Å². The van der Waals surface area contributed by atoms with E-state index in [-0.39, 0.29) is 23.0 Å². The first-order chi connectivity index (χ1) is 8.08. The highest BCUT2D eigenvalue weighted by Crippen LogP contribution is 2.31. The first kappa shape index (κ1) is 15.0. The molecule has 5 nitrogen and oxygen atoms in total. The summed E-state index contributed by atoms with van der Waals surface area (Å²) >= 11 is 5.79. The SMILES string of the molecule is CN1CCN(c2ccc(Cl)cc2[N+](=O)[O-])CC1.Cl. The lowest BCUT2D eigenvalue weighted by molar-refractivity contribution is -0.384. The Morgan fingerprint density at radius 3 is 2.44 bits per heavy atom. The molecule has 0 unspecified atom stereocenters. The predicted octanol–water partition coefficient (Wildman–Crippen LogP) is 2.42. The van der Waals surface area contributed by atoms with Gasteiger partial charge in [0.15, 0.2) is 0 Å². The Kier molecular flexibility index (Phi) is 5.19. The summed E-state index contributed by atoms with van der Waals surface area (Å²) in [6.45, 7) is 3.44. The molecule has 0 radical (unpaired) electrons. The lowest BCUT2D eigenvalue weighted by Crippen LogP contribution is -2.44. The Labute approximate surface area is 117 Å². The van der Waals surface area contributed by atoms with Crippen molar-refractivity contribution < 1.29 is 4.92 Å². The van der Waals surface area contributed by atoms with Gasteiger partial charge in [-0.15, -0.1) is 12.4 Å². The van der Waals surface area contributed by atoms with Gasteiger partial charge in [0, 0.05) is 37.3 Å². The summed E-state index contributed by atoms with van der Waals surface area (Å²) in [4.78, 5) is 14.9. The molecule has 1 aliphatic heterocycles. The zero-order valence-corrected chi connectivity index (χ0v) is 11.6.